The summed E-state index contributed by atoms with van der Waals surface area (Å²) in [6.07, 6.45) is 1.10. The van der Waals surface area contributed by atoms with E-state index in [1.807, 2.05) is 24.3 Å². The first-order chi connectivity index (χ1) is 24.7. The van der Waals surface area contributed by atoms with E-state index >= 15 is 0 Å². The van der Waals surface area contributed by atoms with E-state index in [-0.39, 0.29) is 23.1 Å². The molecule has 8 nitrogen and oxygen atoms in total. The molecule has 6 rings (SSSR count). The molecule has 0 saturated carbocycles. The summed E-state index contributed by atoms with van der Waals surface area (Å²) in [5.74, 6) is -0.383. The number of nitrogens with one attached hydrogen (secondary N) is 2. The second-order valence-corrected chi connectivity index (χ2v) is 14.0. The predicted octanol–water partition coefficient (Wildman–Crippen LogP) is 6.86. The molecule has 8 heteroatoms. The lowest BCUT2D eigenvalue weighted by atomic mass is 9.84. The third-order valence-corrected chi connectivity index (χ3v) is 11.6. The fourth-order valence-corrected chi connectivity index (χ4v) is 7.97. The summed E-state index contributed by atoms with van der Waals surface area (Å²) in [4.78, 5) is 52.5. The van der Waals surface area contributed by atoms with Gasteiger partial charge in [0.15, 0.2) is 23.1 Å². The minimum Gasteiger partial charge on any atom is -0.379 e. The number of nitrogens with zero attached hydrogens (tertiary/aromatic N) is 2. The molecule has 2 N–H and O–H groups in total. The maximum atomic E-state index is 13.2. The Bertz CT molecular complexity index is 1830. The van der Waals surface area contributed by atoms with Crippen LogP contribution in [0.4, 0.5) is 11.4 Å². The van der Waals surface area contributed by atoms with E-state index < -0.39 is 0 Å². The van der Waals surface area contributed by atoms with E-state index in [2.05, 4.69) is 38.3 Å². The van der Waals surface area contributed by atoms with Crippen LogP contribution in [0.2, 0.25) is 0 Å². The highest BCUT2D eigenvalue weighted by molar-refractivity contribution is 6.29. The van der Waals surface area contributed by atoms with Crippen molar-refractivity contribution < 1.29 is 28.1 Å². The van der Waals surface area contributed by atoms with Gasteiger partial charge in [0, 0.05) is 62.3 Å². The Labute approximate surface area is 301 Å². The highest BCUT2D eigenvalue weighted by atomic mass is 16.1. The van der Waals surface area contributed by atoms with Crippen molar-refractivity contribution in [3.05, 3.63) is 129 Å². The Morgan fingerprint density at radius 1 is 0.412 bits per heavy atom. The number of benzene rings is 4. The second-order valence-electron chi connectivity index (χ2n) is 14.0. The van der Waals surface area contributed by atoms with Crippen LogP contribution in [0.1, 0.15) is 97.8 Å². The van der Waals surface area contributed by atoms with Gasteiger partial charge in [0.25, 0.3) is 0 Å². The van der Waals surface area contributed by atoms with Gasteiger partial charge in [0.1, 0.15) is 0 Å². The number of carbonyl (C=O) groups is 4. The molecular formula is C43H50N4O4+2. The van der Waals surface area contributed by atoms with Gasteiger partial charge in [0.2, 0.25) is 0 Å². The molecule has 0 aromatic heterocycles. The Morgan fingerprint density at radius 3 is 1.06 bits per heavy atom. The van der Waals surface area contributed by atoms with Crippen molar-refractivity contribution in [2.45, 2.75) is 34.1 Å². The molecule has 0 radical (unpaired) electrons. The summed E-state index contributed by atoms with van der Waals surface area (Å²) in [6.45, 7) is 18.9. The van der Waals surface area contributed by atoms with Gasteiger partial charge in [-0.3, -0.25) is 19.2 Å². The smallest absolute Gasteiger partial charge is 0.194 e. The van der Waals surface area contributed by atoms with Crippen molar-refractivity contribution in [3.63, 3.8) is 0 Å². The lowest BCUT2D eigenvalue weighted by molar-refractivity contribution is -0.941. The number of ketones is 4. The van der Waals surface area contributed by atoms with Gasteiger partial charge in [-0.1, -0.05) is 48.5 Å². The molecule has 0 aliphatic heterocycles. The molecule has 0 saturated heterocycles. The largest absolute Gasteiger partial charge is 0.379 e. The number of hydrogen-bond acceptors (Lipinski definition) is 6. The fourth-order valence-electron chi connectivity index (χ4n) is 7.97. The number of hydrogen-bond donors (Lipinski definition) is 2. The fraction of sp³-hybridized carbons (Fsp3) is 0.349. The van der Waals surface area contributed by atoms with Gasteiger partial charge in [-0.2, -0.15) is 0 Å². The maximum absolute atomic E-state index is 13.2. The minimum absolute atomic E-state index is 0.0944. The van der Waals surface area contributed by atoms with Crippen LogP contribution in [0.15, 0.2) is 84.9 Å². The van der Waals surface area contributed by atoms with Crippen LogP contribution in [0.5, 0.6) is 0 Å². The van der Waals surface area contributed by atoms with Gasteiger partial charge in [-0.25, -0.2) is 0 Å². The first kappa shape index (κ1) is 35.9. The molecule has 51 heavy (non-hydrogen) atoms. The zero-order valence-corrected chi connectivity index (χ0v) is 30.4. The number of carbonyl (C=O) groups excluding carboxylic acids is 4. The third kappa shape index (κ3) is 7.03. The number of quaternary nitrogens is 2. The summed E-state index contributed by atoms with van der Waals surface area (Å²) < 4.78 is 2.00. The zero-order chi connectivity index (χ0) is 36.2. The van der Waals surface area contributed by atoms with Gasteiger partial charge in [-0.15, -0.1) is 0 Å². The summed E-state index contributed by atoms with van der Waals surface area (Å²) >= 11 is 0. The molecule has 0 fully saturated rings. The number of fused-ring (bicyclic) bond motifs is 4. The molecule has 0 atom stereocenters. The van der Waals surface area contributed by atoms with E-state index in [1.165, 1.54) is 0 Å². The highest BCUT2D eigenvalue weighted by Gasteiger charge is 2.32. The van der Waals surface area contributed by atoms with Gasteiger partial charge in [-0.05, 0) is 64.1 Å². The standard InChI is InChI=1S/C43H48N4O4/c1-5-46(6-2,26-22-44-30-18-20-36-38(28-30)42(50)34-16-11-9-14-32(34)40(36)48)24-13-25-47(7-3,8-4)27-23-45-31-19-21-37-39(29-31)43(51)35-17-12-10-15-33(35)41(37)49/h9-12,14-21,28-29H,5-8,13,22-27H2,1-4H3/p+2. The van der Waals surface area contributed by atoms with Crippen molar-refractivity contribution in [1.29, 1.82) is 0 Å². The third-order valence-electron chi connectivity index (χ3n) is 11.6. The lowest BCUT2D eigenvalue weighted by Gasteiger charge is -2.40. The first-order valence-electron chi connectivity index (χ1n) is 18.5. The van der Waals surface area contributed by atoms with E-state index in [0.29, 0.717) is 44.5 Å². The van der Waals surface area contributed by atoms with Gasteiger partial charge < -0.3 is 19.6 Å². The van der Waals surface area contributed by atoms with E-state index in [4.69, 9.17) is 0 Å². The molecular weight excluding hydrogens is 636 g/mol. The molecule has 0 bridgehead atoms. The van der Waals surface area contributed by atoms with Crippen molar-refractivity contribution in [3.8, 4) is 0 Å². The monoisotopic (exact) mass is 686 g/mol. The normalized spacial score (nSPS) is 13.7. The molecule has 0 amide bonds. The molecule has 0 unspecified atom stereocenters. The first-order valence-corrected chi connectivity index (χ1v) is 18.5. The average molecular weight is 687 g/mol. The number of rotatable bonds is 16. The molecule has 4 aromatic rings. The lowest BCUT2D eigenvalue weighted by Crippen LogP contribution is -2.55. The van der Waals surface area contributed by atoms with Crippen LogP contribution in [0.3, 0.4) is 0 Å². The molecule has 264 valence electrons. The average Bonchev–Trinajstić information content (AvgIpc) is 3.17. The second kappa shape index (κ2) is 15.1. The number of likely N-dealkylation sites (N-methyl/N-ethyl adjacent to an activating group) is 2. The molecule has 4 aromatic carbocycles. The van der Waals surface area contributed by atoms with E-state index in [1.54, 1.807) is 60.7 Å². The Kier molecular flexibility index (Phi) is 10.6. The molecule has 2 aliphatic carbocycles. The van der Waals surface area contributed by atoms with Crippen LogP contribution in [-0.2, 0) is 0 Å². The Morgan fingerprint density at radius 2 is 0.725 bits per heavy atom. The van der Waals surface area contributed by atoms with Gasteiger partial charge in [0.05, 0.1) is 65.4 Å². The van der Waals surface area contributed by atoms with E-state index in [0.717, 1.165) is 92.2 Å². The summed E-state index contributed by atoms with van der Waals surface area (Å²) in [6, 6.07) is 25.2. The minimum atomic E-state index is -0.0971. The molecule has 0 heterocycles. The summed E-state index contributed by atoms with van der Waals surface area (Å²) in [5.41, 5.74) is 5.52. The van der Waals surface area contributed by atoms with Crippen molar-refractivity contribution >= 4 is 34.5 Å². The van der Waals surface area contributed by atoms with E-state index in [9.17, 15) is 19.2 Å². The summed E-state index contributed by atoms with van der Waals surface area (Å²) in [7, 11) is 0. The van der Waals surface area contributed by atoms with Crippen LogP contribution in [0.25, 0.3) is 0 Å². The van der Waals surface area contributed by atoms with Crippen molar-refractivity contribution in [2.75, 3.05) is 76.1 Å². The van der Waals surface area contributed by atoms with Crippen molar-refractivity contribution in [1.82, 2.24) is 0 Å². The van der Waals surface area contributed by atoms with Crippen molar-refractivity contribution in [2.24, 2.45) is 0 Å². The predicted molar refractivity (Wildman–Crippen MR) is 203 cm³/mol. The maximum Gasteiger partial charge on any atom is 0.194 e. The Balaban J connectivity index is 1.03. The summed E-state index contributed by atoms with van der Waals surface area (Å²) in [5, 5.41) is 7.10. The Hall–Kier alpha value is -4.92. The zero-order valence-electron chi connectivity index (χ0n) is 30.4. The molecule has 0 spiro atoms. The number of anilines is 2. The van der Waals surface area contributed by atoms with Gasteiger partial charge >= 0.3 is 0 Å². The highest BCUT2D eigenvalue weighted by Crippen LogP contribution is 2.30. The molecule has 2 aliphatic rings. The van der Waals surface area contributed by atoms with Crippen LogP contribution >= 0.6 is 0 Å². The van der Waals surface area contributed by atoms with Crippen LogP contribution in [0, 0.1) is 0 Å². The quantitative estimate of drug-likeness (QED) is 0.108. The SMILES string of the molecule is CC[N+](CC)(CCC[N+](CC)(CC)CCNc1ccc2c(c1)C(=O)c1ccccc1C2=O)CCNc1ccc2c(c1)C(=O)c1ccccc1C2=O. The topological polar surface area (TPSA) is 92.3 Å². The van der Waals surface area contributed by atoms with Crippen LogP contribution in [-0.4, -0.2) is 97.5 Å². The van der Waals surface area contributed by atoms with Crippen LogP contribution < -0.4 is 10.6 Å².